The molecular weight excluding hydrogens is 1440 g/mol. The topological polar surface area (TPSA) is 340 Å². The molecule has 8 N–H and O–H groups in total. The average Bonchev–Trinajstić information content (AvgIpc) is 1.60. The zero-order valence-corrected chi connectivity index (χ0v) is 63.6. The fraction of sp³-hybridized carbons (Fsp3) is 0.163. The van der Waals surface area contributed by atoms with Gasteiger partial charge in [0.05, 0.1) is 55.5 Å². The summed E-state index contributed by atoms with van der Waals surface area (Å²) in [5.74, 6) is -0.281. The maximum Gasteiger partial charge on any atom is 0.265 e. The molecule has 16 rings (SSSR count). The van der Waals surface area contributed by atoms with Crippen molar-refractivity contribution >= 4 is 70.2 Å². The van der Waals surface area contributed by atoms with Crippen molar-refractivity contribution in [2.24, 2.45) is 57.0 Å². The number of guanidine groups is 4. The lowest BCUT2D eigenvalue weighted by molar-refractivity contribution is 0.0861. The summed E-state index contributed by atoms with van der Waals surface area (Å²) in [5, 5.41) is 16.7. The Bertz CT molecular complexity index is 6010. The quantitative estimate of drug-likeness (QED) is 0.103. The first-order chi connectivity index (χ1) is 54.5. The van der Waals surface area contributed by atoms with Gasteiger partial charge >= 0.3 is 0 Å². The fourth-order valence-corrected chi connectivity index (χ4v) is 14.0. The molecule has 4 aliphatic heterocycles. The second-order valence-corrected chi connectivity index (χ2v) is 27.8. The number of benzene rings is 8. The van der Waals surface area contributed by atoms with E-state index in [0.717, 1.165) is 66.8 Å². The lowest BCUT2D eigenvalue weighted by atomic mass is 9.85. The molecule has 0 saturated heterocycles. The highest BCUT2D eigenvalue weighted by Crippen LogP contribution is 2.44. The number of aliphatic imine (C=N–C) groups is 4. The highest BCUT2D eigenvalue weighted by atomic mass is 16.5. The van der Waals surface area contributed by atoms with Crippen LogP contribution in [0.4, 0.5) is 22.7 Å². The van der Waals surface area contributed by atoms with Crippen molar-refractivity contribution in [2.45, 2.75) is 49.9 Å². The number of aromatic nitrogens is 6. The maximum atomic E-state index is 12.8. The smallest absolute Gasteiger partial charge is 0.265 e. The van der Waals surface area contributed by atoms with E-state index in [1.807, 2.05) is 198 Å². The molecule has 28 heteroatoms. The molecule has 0 saturated carbocycles. The predicted molar refractivity (Wildman–Crippen MR) is 433 cm³/mol. The minimum atomic E-state index is -1.02. The molecule has 12 aromatic rings. The van der Waals surface area contributed by atoms with Gasteiger partial charge in [0.25, 0.3) is 23.6 Å². The standard InChI is InChI=1S/2C22H20N6O.2C21H17N5O2/c1-22(19-18(13-27(3)26-19)20(29)28(4)21(23)25-22)16-9-5-7-14(11-16)15-8-6-10-17(12-15)24-2;1-22(19-18(13-25-28(19)4)20(29)27(3)21(23)26-22)16-9-5-7-14(11-16)15-8-6-10-17(12-15)24-2;1-21(18-17(12-28-25-18)19(27)26(3)20(22)24-21)15-8-4-6-13(10-15)14-7-5-9-16(11-14)23-2;1-21(18-17(12-24-28-18)19(27)26(3)20(22)25-21)15-8-4-6-13(10-15)14-7-5-9-16(11-14)23-2/h5-13H,1,3-4H3,(H2,23,25);5-13H,1,3-4H3,(H2,23,26);4-12H,1,3H3,(H2,22,24);4-12H,1,3H3,(H2,22,25). The lowest BCUT2D eigenvalue weighted by Gasteiger charge is -2.27. The molecule has 0 aliphatic carbocycles. The van der Waals surface area contributed by atoms with Crippen molar-refractivity contribution in [1.29, 1.82) is 0 Å². The largest absolute Gasteiger partial charge is 0.369 e. The number of nitrogens with zero attached hydrogens (tertiary/aromatic N) is 18. The van der Waals surface area contributed by atoms with Crippen LogP contribution in [0.25, 0.3) is 63.9 Å². The van der Waals surface area contributed by atoms with Crippen molar-refractivity contribution in [2.75, 3.05) is 28.2 Å². The minimum absolute atomic E-state index is 0.0966. The van der Waals surface area contributed by atoms with Gasteiger partial charge in [-0.15, -0.1) is 0 Å². The second kappa shape index (κ2) is 30.4. The minimum Gasteiger partial charge on any atom is -0.369 e. The van der Waals surface area contributed by atoms with Crippen molar-refractivity contribution in [3.63, 3.8) is 0 Å². The number of fused-ring (bicyclic) bond motifs is 4. The molecule has 0 bridgehead atoms. The van der Waals surface area contributed by atoms with Crippen molar-refractivity contribution < 1.29 is 28.2 Å². The third-order valence-corrected chi connectivity index (χ3v) is 20.5. The third-order valence-electron chi connectivity index (χ3n) is 20.5. The van der Waals surface area contributed by atoms with E-state index in [2.05, 4.69) is 49.9 Å². The van der Waals surface area contributed by atoms with Gasteiger partial charge in [-0.05, 0) is 143 Å². The summed E-state index contributed by atoms with van der Waals surface area (Å²) >= 11 is 0. The first-order valence-electron chi connectivity index (χ1n) is 35.4. The van der Waals surface area contributed by atoms with Gasteiger partial charge in [-0.25, -0.2) is 39.3 Å². The summed E-state index contributed by atoms with van der Waals surface area (Å²) in [6.07, 6.45) is 5.97. The van der Waals surface area contributed by atoms with Gasteiger partial charge in [0.15, 0.2) is 52.3 Å². The van der Waals surface area contributed by atoms with Gasteiger partial charge < -0.3 is 32.0 Å². The highest BCUT2D eigenvalue weighted by molar-refractivity contribution is 6.09. The average molecular weight is 1510 g/mol. The number of aryl methyl sites for hydroxylation is 2. The summed E-state index contributed by atoms with van der Waals surface area (Å²) in [7, 11) is 9.92. The number of hydrogen-bond donors (Lipinski definition) is 4. The monoisotopic (exact) mass is 1510 g/mol. The molecule has 0 radical (unpaired) electrons. The van der Waals surface area contributed by atoms with Crippen LogP contribution in [0.15, 0.2) is 248 Å². The van der Waals surface area contributed by atoms with E-state index in [-0.39, 0.29) is 47.5 Å². The van der Waals surface area contributed by atoms with Gasteiger partial charge in [0.2, 0.25) is 0 Å². The predicted octanol–water partition coefficient (Wildman–Crippen LogP) is 13.7. The Morgan fingerprint density at radius 1 is 0.377 bits per heavy atom. The molecule has 114 heavy (non-hydrogen) atoms. The van der Waals surface area contributed by atoms with E-state index < -0.39 is 22.2 Å². The van der Waals surface area contributed by atoms with Gasteiger partial charge in [-0.2, -0.15) is 10.2 Å². The SMILES string of the molecule is [C-]#[N+]c1cccc(-c2cccc(C3(C)N=C(N)N(C)C(=O)c4cn(C)nc43)c2)c1.[C-]#[N+]c1cccc(-c2cccc(C3(C)N=C(N)N(C)C(=O)c4cnn(C)c43)c2)c1.[C-]#[N+]c1cccc(-c2cccc(C3(C)N=C(N)N(C)C(=O)c4cnoc43)c2)c1.[C-]#[N+]c1cccc(-c2cccc(C3(C)N=C(N)N(C)C(=O)c4conc43)c2)c1. The van der Waals surface area contributed by atoms with Crippen LogP contribution in [0.1, 0.15) is 114 Å². The Morgan fingerprint density at radius 3 is 1.11 bits per heavy atom. The van der Waals surface area contributed by atoms with Crippen LogP contribution in [0.5, 0.6) is 0 Å². The Morgan fingerprint density at radius 2 is 0.702 bits per heavy atom. The Hall–Kier alpha value is -15.7. The number of carbonyl (C=O) groups is 4. The molecule has 0 spiro atoms. The van der Waals surface area contributed by atoms with Gasteiger partial charge in [0, 0.05) is 48.5 Å². The summed E-state index contributed by atoms with van der Waals surface area (Å²) in [4.78, 5) is 88.8. The van der Waals surface area contributed by atoms with Crippen molar-refractivity contribution in [1.82, 2.24) is 49.5 Å². The normalized spacial score (nSPS) is 18.7. The van der Waals surface area contributed by atoms with Gasteiger partial charge in [-0.3, -0.25) is 48.1 Å². The number of carbonyl (C=O) groups excluding carboxylic acids is 4. The second-order valence-electron chi connectivity index (χ2n) is 27.8. The number of rotatable bonds is 8. The van der Waals surface area contributed by atoms with E-state index in [1.165, 1.54) is 32.1 Å². The molecule has 4 amide bonds. The number of amides is 4. The van der Waals surface area contributed by atoms with E-state index in [0.29, 0.717) is 67.8 Å². The van der Waals surface area contributed by atoms with Crippen LogP contribution in [-0.2, 0) is 36.3 Å². The molecule has 0 fully saturated rings. The highest BCUT2D eigenvalue weighted by Gasteiger charge is 2.45. The van der Waals surface area contributed by atoms with Crippen LogP contribution in [0.3, 0.4) is 0 Å². The molecular formula is C86H74N22O6. The van der Waals surface area contributed by atoms with Crippen LogP contribution >= 0.6 is 0 Å². The van der Waals surface area contributed by atoms with Crippen molar-refractivity contribution in [3.05, 3.63) is 332 Å². The zero-order valence-electron chi connectivity index (χ0n) is 63.6. The fourth-order valence-electron chi connectivity index (χ4n) is 14.0. The van der Waals surface area contributed by atoms with E-state index in [1.54, 1.807) is 88.3 Å². The molecule has 8 heterocycles. The molecule has 8 aromatic carbocycles. The van der Waals surface area contributed by atoms with E-state index in [4.69, 9.17) is 68.3 Å². The Balaban J connectivity index is 0.000000133. The lowest BCUT2D eigenvalue weighted by Crippen LogP contribution is -2.38. The number of nitrogens with two attached hydrogens (primary N) is 4. The maximum absolute atomic E-state index is 12.8. The van der Waals surface area contributed by atoms with Crippen LogP contribution < -0.4 is 22.9 Å². The van der Waals surface area contributed by atoms with Crippen LogP contribution in [0, 0.1) is 26.3 Å². The van der Waals surface area contributed by atoms with Crippen LogP contribution in [-0.4, -0.2) is 125 Å². The molecule has 4 aromatic heterocycles. The number of hydrogen-bond acceptors (Lipinski definition) is 18. The van der Waals surface area contributed by atoms with Gasteiger partial charge in [0.1, 0.15) is 50.9 Å². The van der Waals surface area contributed by atoms with E-state index >= 15 is 0 Å². The van der Waals surface area contributed by atoms with Crippen LogP contribution in [0.2, 0.25) is 0 Å². The first-order valence-corrected chi connectivity index (χ1v) is 35.4. The first kappa shape index (κ1) is 76.5. The molecule has 4 atom stereocenters. The zero-order chi connectivity index (χ0) is 81.3. The Labute approximate surface area is 656 Å². The Kier molecular flexibility index (Phi) is 20.4. The molecule has 4 unspecified atom stereocenters. The van der Waals surface area contributed by atoms with Gasteiger partial charge in [-0.1, -0.05) is 156 Å². The summed E-state index contributed by atoms with van der Waals surface area (Å²) < 4.78 is 13.8. The summed E-state index contributed by atoms with van der Waals surface area (Å²) in [6.45, 7) is 36.5. The third kappa shape index (κ3) is 14.1. The molecule has 4 aliphatic rings. The summed E-state index contributed by atoms with van der Waals surface area (Å²) in [5.41, 5.74) is 36.9. The van der Waals surface area contributed by atoms with E-state index in [9.17, 15) is 19.2 Å². The molecule has 564 valence electrons. The molecule has 28 nitrogen and oxygen atoms in total. The van der Waals surface area contributed by atoms with Crippen molar-refractivity contribution in [3.8, 4) is 44.5 Å². The summed E-state index contributed by atoms with van der Waals surface area (Å²) in [6, 6.07) is 60.9.